The molecule has 3 heterocycles. The van der Waals surface area contributed by atoms with Gasteiger partial charge < -0.3 is 19.5 Å². The van der Waals surface area contributed by atoms with Gasteiger partial charge in [0.25, 0.3) is 0 Å². The fourth-order valence-corrected chi connectivity index (χ4v) is 3.18. The van der Waals surface area contributed by atoms with Gasteiger partial charge in [0.1, 0.15) is 17.0 Å². The summed E-state index contributed by atoms with van der Waals surface area (Å²) in [6.07, 6.45) is 3.30. The number of aliphatic hydroxyl groups excluding tert-OH is 1. The minimum atomic E-state index is -0.960. The van der Waals surface area contributed by atoms with Crippen LogP contribution >= 0.6 is 0 Å². The molecule has 0 amide bonds. The molecule has 0 saturated heterocycles. The minimum Gasteiger partial charge on any atom is -0.493 e. The van der Waals surface area contributed by atoms with E-state index in [4.69, 9.17) is 9.47 Å². The van der Waals surface area contributed by atoms with Gasteiger partial charge in [0.05, 0.1) is 32.6 Å². The quantitative estimate of drug-likeness (QED) is 0.460. The molecule has 1 aromatic carbocycles. The molecule has 10 nitrogen and oxygen atoms in total. The number of ether oxygens (including phenoxy) is 2. The summed E-state index contributed by atoms with van der Waals surface area (Å²) >= 11 is 0. The smallest absolute Gasteiger partial charge is 0.191 e. The molecule has 166 valence electrons. The van der Waals surface area contributed by atoms with Crippen molar-refractivity contribution in [3.05, 3.63) is 42.2 Å². The first-order chi connectivity index (χ1) is 15.5. The summed E-state index contributed by atoms with van der Waals surface area (Å²) < 4.78 is 41.8. The molecule has 0 saturated carbocycles. The maximum Gasteiger partial charge on any atom is 0.191 e. The number of benzene rings is 1. The number of hydrogen-bond donors (Lipinski definition) is 1. The number of pyridine rings is 1. The van der Waals surface area contributed by atoms with Gasteiger partial charge in [0.15, 0.2) is 34.6 Å². The Morgan fingerprint density at radius 1 is 1.06 bits per heavy atom. The molecule has 0 spiro atoms. The highest BCUT2D eigenvalue weighted by Gasteiger charge is 2.26. The number of hydrogen-bond acceptors (Lipinski definition) is 9. The minimum absolute atomic E-state index is 0.136. The summed E-state index contributed by atoms with van der Waals surface area (Å²) in [5, 5.41) is 21.8. The molecule has 0 bridgehead atoms. The van der Waals surface area contributed by atoms with E-state index in [9.17, 15) is 5.11 Å². The first-order valence-corrected chi connectivity index (χ1v) is 9.45. The average Bonchev–Trinajstić information content (AvgIpc) is 3.24. The molecule has 4 rings (SSSR count). The van der Waals surface area contributed by atoms with Crippen LogP contribution in [0.5, 0.6) is 11.5 Å². The molecule has 0 atom stereocenters. The number of methoxy groups -OCH3 is 2. The van der Waals surface area contributed by atoms with Gasteiger partial charge in [-0.1, -0.05) is 0 Å². The predicted molar refractivity (Wildman–Crippen MR) is 111 cm³/mol. The van der Waals surface area contributed by atoms with Crippen LogP contribution in [0.2, 0.25) is 0 Å². The molecular weight excluding hydrogens is 424 g/mol. The summed E-state index contributed by atoms with van der Waals surface area (Å²) in [6.45, 7) is -0.558. The van der Waals surface area contributed by atoms with Crippen molar-refractivity contribution in [1.82, 2.24) is 29.9 Å². The van der Waals surface area contributed by atoms with Crippen molar-refractivity contribution in [2.45, 2.75) is 0 Å². The average molecular weight is 443 g/mol. The van der Waals surface area contributed by atoms with Crippen molar-refractivity contribution in [2.75, 3.05) is 32.3 Å². The second-order valence-electron chi connectivity index (χ2n) is 6.68. The first-order valence-electron chi connectivity index (χ1n) is 9.45. The van der Waals surface area contributed by atoms with Gasteiger partial charge in [-0.25, -0.2) is 18.7 Å². The van der Waals surface area contributed by atoms with E-state index in [1.807, 2.05) is 0 Å². The van der Waals surface area contributed by atoms with Crippen LogP contribution in [0.1, 0.15) is 0 Å². The Morgan fingerprint density at radius 2 is 1.78 bits per heavy atom. The number of aryl methyl sites for hydroxylation is 1. The summed E-state index contributed by atoms with van der Waals surface area (Å²) in [4.78, 5) is 10.0. The maximum absolute atomic E-state index is 15.1. The van der Waals surface area contributed by atoms with E-state index in [0.29, 0.717) is 16.9 Å². The molecule has 12 heteroatoms. The standard InChI is InChI=1S/C20H19F2N7O3/c1-28-10-11(9-23-28)19-25-20-12(26-27-19)4-5-15(24-20)29(6-7-30)18-16(21)13(31-2)8-14(32-3)17(18)22/h4-5,8-10,30H,6-7H2,1-3H3. The van der Waals surface area contributed by atoms with E-state index in [2.05, 4.69) is 25.3 Å². The molecule has 0 aliphatic rings. The fourth-order valence-electron chi connectivity index (χ4n) is 3.18. The molecule has 1 N–H and O–H groups in total. The summed E-state index contributed by atoms with van der Waals surface area (Å²) in [7, 11) is 4.27. The van der Waals surface area contributed by atoms with Gasteiger partial charge >= 0.3 is 0 Å². The van der Waals surface area contributed by atoms with Crippen molar-refractivity contribution in [3.8, 4) is 22.9 Å². The van der Waals surface area contributed by atoms with Crippen LogP contribution in [0.4, 0.5) is 20.3 Å². The topological polar surface area (TPSA) is 111 Å². The number of aliphatic hydroxyl groups is 1. The molecule has 32 heavy (non-hydrogen) atoms. The number of fused-ring (bicyclic) bond motifs is 1. The molecule has 0 fully saturated rings. The van der Waals surface area contributed by atoms with Crippen molar-refractivity contribution in [2.24, 2.45) is 7.05 Å². The third kappa shape index (κ3) is 3.75. The van der Waals surface area contributed by atoms with E-state index in [1.54, 1.807) is 30.2 Å². The lowest BCUT2D eigenvalue weighted by atomic mass is 10.2. The maximum atomic E-state index is 15.1. The van der Waals surface area contributed by atoms with Crippen LogP contribution in [-0.2, 0) is 7.05 Å². The molecule has 0 unspecified atom stereocenters. The molecule has 0 aliphatic carbocycles. The van der Waals surface area contributed by atoms with Crippen LogP contribution in [-0.4, -0.2) is 62.4 Å². The zero-order valence-corrected chi connectivity index (χ0v) is 17.5. The number of halogens is 2. The van der Waals surface area contributed by atoms with Gasteiger partial charge in [-0.3, -0.25) is 4.68 Å². The Hall–Kier alpha value is -3.93. The zero-order chi connectivity index (χ0) is 22.8. The van der Waals surface area contributed by atoms with Crippen molar-refractivity contribution in [1.29, 1.82) is 0 Å². The van der Waals surface area contributed by atoms with Gasteiger partial charge in [-0.05, 0) is 12.1 Å². The second-order valence-corrected chi connectivity index (χ2v) is 6.68. The molecule has 4 aromatic rings. The van der Waals surface area contributed by atoms with Crippen LogP contribution in [0.25, 0.3) is 22.6 Å². The van der Waals surface area contributed by atoms with E-state index >= 15 is 8.78 Å². The van der Waals surface area contributed by atoms with E-state index < -0.39 is 23.9 Å². The largest absolute Gasteiger partial charge is 0.493 e. The van der Waals surface area contributed by atoms with Crippen LogP contribution in [0, 0.1) is 11.6 Å². The van der Waals surface area contributed by atoms with Gasteiger partial charge in [-0.15, -0.1) is 10.2 Å². The van der Waals surface area contributed by atoms with Gasteiger partial charge in [-0.2, -0.15) is 5.10 Å². The Labute approximate surface area is 181 Å². The molecule has 0 radical (unpaired) electrons. The normalized spacial score (nSPS) is 11.1. The van der Waals surface area contributed by atoms with Crippen LogP contribution < -0.4 is 14.4 Å². The number of anilines is 2. The molecule has 3 aromatic heterocycles. The lowest BCUT2D eigenvalue weighted by Crippen LogP contribution is -2.25. The number of aromatic nitrogens is 6. The second kappa shape index (κ2) is 8.67. The number of nitrogens with zero attached hydrogens (tertiary/aromatic N) is 7. The van der Waals surface area contributed by atoms with E-state index in [1.165, 1.54) is 25.2 Å². The summed E-state index contributed by atoms with van der Waals surface area (Å²) in [6, 6.07) is 4.18. The Kier molecular flexibility index (Phi) is 5.77. The van der Waals surface area contributed by atoms with Crippen molar-refractivity contribution in [3.63, 3.8) is 0 Å². The van der Waals surface area contributed by atoms with Crippen molar-refractivity contribution >= 4 is 22.7 Å². The highest BCUT2D eigenvalue weighted by Crippen LogP contribution is 2.39. The third-order valence-corrected chi connectivity index (χ3v) is 4.69. The summed E-state index contributed by atoms with van der Waals surface area (Å²) in [5.41, 5.74) is 0.747. The lowest BCUT2D eigenvalue weighted by Gasteiger charge is -2.25. The Bertz CT molecular complexity index is 1250. The van der Waals surface area contributed by atoms with Gasteiger partial charge in [0.2, 0.25) is 0 Å². The Balaban J connectivity index is 1.86. The zero-order valence-electron chi connectivity index (χ0n) is 17.5. The van der Waals surface area contributed by atoms with Gasteiger partial charge in [0, 0.05) is 25.9 Å². The summed E-state index contributed by atoms with van der Waals surface area (Å²) in [5.74, 6) is -1.92. The third-order valence-electron chi connectivity index (χ3n) is 4.69. The Morgan fingerprint density at radius 3 is 2.38 bits per heavy atom. The van der Waals surface area contributed by atoms with E-state index in [0.717, 1.165) is 6.07 Å². The van der Waals surface area contributed by atoms with Crippen molar-refractivity contribution < 1.29 is 23.4 Å². The SMILES string of the molecule is COc1cc(OC)c(F)c(N(CCO)c2ccc3nnc(-c4cnn(C)c4)nc3n2)c1F. The van der Waals surface area contributed by atoms with Crippen LogP contribution in [0.3, 0.4) is 0 Å². The highest BCUT2D eigenvalue weighted by atomic mass is 19.1. The number of rotatable bonds is 7. The van der Waals surface area contributed by atoms with Crippen LogP contribution in [0.15, 0.2) is 30.6 Å². The molecular formula is C20H19F2N7O3. The van der Waals surface area contributed by atoms with E-state index in [-0.39, 0.29) is 29.5 Å². The first kappa shape index (κ1) is 21.3. The lowest BCUT2D eigenvalue weighted by molar-refractivity contribution is 0.304. The highest BCUT2D eigenvalue weighted by molar-refractivity contribution is 5.76. The fraction of sp³-hybridized carbons (Fsp3) is 0.250. The molecule has 0 aliphatic heterocycles. The predicted octanol–water partition coefficient (Wildman–Crippen LogP) is 2.25. The monoisotopic (exact) mass is 443 g/mol.